The van der Waals surface area contributed by atoms with Crippen LogP contribution in [0.2, 0.25) is 0 Å². The highest BCUT2D eigenvalue weighted by molar-refractivity contribution is 5.93. The molecular formula is C19H27N3O3. The second-order valence-electron chi connectivity index (χ2n) is 6.82. The summed E-state index contributed by atoms with van der Waals surface area (Å²) >= 11 is 0. The molecule has 0 aliphatic heterocycles. The number of aryl methyl sites for hydroxylation is 1. The van der Waals surface area contributed by atoms with Crippen molar-refractivity contribution in [1.82, 2.24) is 9.88 Å². The first-order valence-electron chi connectivity index (χ1n) is 8.94. The predicted molar refractivity (Wildman–Crippen MR) is 94.0 cm³/mol. The number of aromatic nitrogens is 1. The third-order valence-electron chi connectivity index (χ3n) is 5.05. The molecule has 2 rings (SSSR count). The van der Waals surface area contributed by atoms with Gasteiger partial charge in [0.05, 0.1) is 11.6 Å². The van der Waals surface area contributed by atoms with E-state index in [0.717, 1.165) is 37.2 Å². The van der Waals surface area contributed by atoms with Crippen LogP contribution in [0.1, 0.15) is 67.7 Å². The number of amides is 1. The van der Waals surface area contributed by atoms with Crippen LogP contribution in [0.15, 0.2) is 6.07 Å². The number of esters is 1. The summed E-state index contributed by atoms with van der Waals surface area (Å²) in [6.07, 6.45) is 3.28. The lowest BCUT2D eigenvalue weighted by Crippen LogP contribution is -2.52. The first-order chi connectivity index (χ1) is 11.8. The molecule has 0 saturated heterocycles. The zero-order chi connectivity index (χ0) is 18.6. The minimum absolute atomic E-state index is 0.416. The van der Waals surface area contributed by atoms with E-state index in [1.165, 1.54) is 0 Å². The van der Waals surface area contributed by atoms with E-state index in [1.54, 1.807) is 13.0 Å². The topological polar surface area (TPSA) is 84.1 Å². The van der Waals surface area contributed by atoms with Gasteiger partial charge in [-0.2, -0.15) is 5.26 Å². The van der Waals surface area contributed by atoms with Crippen molar-refractivity contribution in [2.24, 2.45) is 0 Å². The Kier molecular flexibility index (Phi) is 5.89. The maximum atomic E-state index is 12.4. The van der Waals surface area contributed by atoms with E-state index in [9.17, 15) is 14.9 Å². The highest BCUT2D eigenvalue weighted by Crippen LogP contribution is 2.27. The van der Waals surface area contributed by atoms with Crippen molar-refractivity contribution in [3.8, 4) is 6.07 Å². The van der Waals surface area contributed by atoms with Crippen molar-refractivity contribution in [2.75, 3.05) is 0 Å². The van der Waals surface area contributed by atoms with Gasteiger partial charge in [-0.15, -0.1) is 0 Å². The molecule has 6 nitrogen and oxygen atoms in total. The summed E-state index contributed by atoms with van der Waals surface area (Å²) in [4.78, 5) is 24.8. The van der Waals surface area contributed by atoms with Gasteiger partial charge in [0.25, 0.3) is 5.91 Å². The number of ether oxygens (including phenoxy) is 1. The van der Waals surface area contributed by atoms with Crippen LogP contribution in [-0.4, -0.2) is 28.1 Å². The van der Waals surface area contributed by atoms with Gasteiger partial charge in [-0.05, 0) is 46.6 Å². The Morgan fingerprint density at radius 3 is 2.52 bits per heavy atom. The number of carbonyl (C=O) groups is 2. The average Bonchev–Trinajstić information content (AvgIpc) is 2.89. The lowest BCUT2D eigenvalue weighted by Gasteiger charge is -2.32. The van der Waals surface area contributed by atoms with Crippen molar-refractivity contribution in [1.29, 1.82) is 5.26 Å². The van der Waals surface area contributed by atoms with Gasteiger partial charge in [0, 0.05) is 17.9 Å². The number of nitriles is 1. The van der Waals surface area contributed by atoms with E-state index in [1.807, 2.05) is 25.3 Å². The molecule has 1 saturated carbocycles. The quantitative estimate of drug-likeness (QED) is 0.831. The number of hydrogen-bond donors (Lipinski definition) is 1. The smallest absolute Gasteiger partial charge is 0.340 e. The molecule has 0 spiro atoms. The Hall–Kier alpha value is -2.29. The van der Waals surface area contributed by atoms with Gasteiger partial charge in [-0.3, -0.25) is 4.79 Å². The summed E-state index contributed by atoms with van der Waals surface area (Å²) in [5.74, 6) is -0.925. The van der Waals surface area contributed by atoms with Crippen molar-refractivity contribution < 1.29 is 14.3 Å². The molecule has 1 amide bonds. The minimum atomic E-state index is -0.940. The van der Waals surface area contributed by atoms with Crippen molar-refractivity contribution in [3.05, 3.63) is 23.0 Å². The molecule has 0 radical (unpaired) electrons. The van der Waals surface area contributed by atoms with E-state index in [2.05, 4.69) is 11.4 Å². The van der Waals surface area contributed by atoms with Gasteiger partial charge in [-0.25, -0.2) is 4.79 Å². The van der Waals surface area contributed by atoms with Gasteiger partial charge in [0.2, 0.25) is 0 Å². The van der Waals surface area contributed by atoms with Gasteiger partial charge < -0.3 is 14.6 Å². The molecule has 0 bridgehead atoms. The number of nitrogens with one attached hydrogen (secondary N) is 1. The lowest BCUT2D eigenvalue weighted by atomic mass is 9.83. The summed E-state index contributed by atoms with van der Waals surface area (Å²) in [7, 11) is 0. The van der Waals surface area contributed by atoms with Crippen molar-refractivity contribution >= 4 is 11.9 Å². The van der Waals surface area contributed by atoms with E-state index in [4.69, 9.17) is 4.74 Å². The molecule has 1 aromatic rings. The first kappa shape index (κ1) is 19.0. The Bertz CT molecular complexity index is 694. The second kappa shape index (κ2) is 7.73. The summed E-state index contributed by atoms with van der Waals surface area (Å²) in [5, 5.41) is 12.3. The highest BCUT2D eigenvalue weighted by atomic mass is 16.5. The van der Waals surface area contributed by atoms with Crippen LogP contribution >= 0.6 is 0 Å². The lowest BCUT2D eigenvalue weighted by molar-refractivity contribution is -0.130. The van der Waals surface area contributed by atoms with Gasteiger partial charge in [-0.1, -0.05) is 19.3 Å². The van der Waals surface area contributed by atoms with Crippen LogP contribution in [0.3, 0.4) is 0 Å². The zero-order valence-corrected chi connectivity index (χ0v) is 15.5. The summed E-state index contributed by atoms with van der Waals surface area (Å²) in [6.45, 7) is 8.12. The van der Waals surface area contributed by atoms with E-state index >= 15 is 0 Å². The molecule has 1 aromatic heterocycles. The SMILES string of the molecule is CCn1c(C)cc(C(=O)O[C@@H](C)C(=O)NC2(C#N)CCCCC2)c1C. The standard InChI is InChI=1S/C19H27N3O3/c1-5-22-13(2)11-16(14(22)3)18(24)25-15(4)17(23)21-19(12-20)9-7-6-8-10-19/h11,15H,5-10H2,1-4H3,(H,21,23)/t15-/m0/s1. The van der Waals surface area contributed by atoms with Crippen LogP contribution in [0.4, 0.5) is 0 Å². The molecule has 136 valence electrons. The zero-order valence-electron chi connectivity index (χ0n) is 15.5. The Morgan fingerprint density at radius 2 is 2.00 bits per heavy atom. The average molecular weight is 345 g/mol. The fourth-order valence-electron chi connectivity index (χ4n) is 3.53. The second-order valence-corrected chi connectivity index (χ2v) is 6.82. The Labute approximate surface area is 149 Å². The maximum absolute atomic E-state index is 12.4. The number of hydrogen-bond acceptors (Lipinski definition) is 4. The molecule has 1 aliphatic carbocycles. The van der Waals surface area contributed by atoms with Crippen LogP contribution in [0, 0.1) is 25.2 Å². The number of carbonyl (C=O) groups excluding carboxylic acids is 2. The molecule has 0 unspecified atom stereocenters. The van der Waals surface area contributed by atoms with Crippen LogP contribution in [0.5, 0.6) is 0 Å². The van der Waals surface area contributed by atoms with Crippen LogP contribution in [-0.2, 0) is 16.1 Å². The normalized spacial score (nSPS) is 17.4. The predicted octanol–water partition coefficient (Wildman–Crippen LogP) is 3.01. The number of nitrogens with zero attached hydrogens (tertiary/aromatic N) is 2. The molecule has 0 aromatic carbocycles. The molecule has 1 fully saturated rings. The monoisotopic (exact) mass is 345 g/mol. The van der Waals surface area contributed by atoms with E-state index in [0.29, 0.717) is 18.4 Å². The van der Waals surface area contributed by atoms with E-state index in [-0.39, 0.29) is 0 Å². The minimum Gasteiger partial charge on any atom is -0.449 e. The third-order valence-corrected chi connectivity index (χ3v) is 5.05. The fraction of sp³-hybridized carbons (Fsp3) is 0.632. The van der Waals surface area contributed by atoms with Crippen molar-refractivity contribution in [3.63, 3.8) is 0 Å². The van der Waals surface area contributed by atoms with Gasteiger partial charge in [0.1, 0.15) is 5.54 Å². The largest absolute Gasteiger partial charge is 0.449 e. The third kappa shape index (κ3) is 4.04. The Morgan fingerprint density at radius 1 is 1.36 bits per heavy atom. The molecule has 1 N–H and O–H groups in total. The van der Waals surface area contributed by atoms with Crippen LogP contribution in [0.25, 0.3) is 0 Å². The van der Waals surface area contributed by atoms with Crippen molar-refractivity contribution in [2.45, 2.75) is 78.0 Å². The highest BCUT2D eigenvalue weighted by Gasteiger charge is 2.35. The summed E-state index contributed by atoms with van der Waals surface area (Å²) < 4.78 is 7.37. The fourth-order valence-corrected chi connectivity index (χ4v) is 3.53. The Balaban J connectivity index is 2.03. The number of rotatable bonds is 5. The van der Waals surface area contributed by atoms with Crippen LogP contribution < -0.4 is 5.32 Å². The first-order valence-corrected chi connectivity index (χ1v) is 8.94. The maximum Gasteiger partial charge on any atom is 0.340 e. The molecule has 25 heavy (non-hydrogen) atoms. The molecule has 1 atom stereocenters. The molecule has 1 heterocycles. The molecule has 6 heteroatoms. The summed E-state index contributed by atoms with van der Waals surface area (Å²) in [5.41, 5.74) is 1.47. The van der Waals surface area contributed by atoms with Gasteiger partial charge >= 0.3 is 5.97 Å². The van der Waals surface area contributed by atoms with E-state index < -0.39 is 23.5 Å². The summed E-state index contributed by atoms with van der Waals surface area (Å²) in [6, 6.07) is 4.02. The van der Waals surface area contributed by atoms with Gasteiger partial charge in [0.15, 0.2) is 6.10 Å². The molecular weight excluding hydrogens is 318 g/mol. The molecule has 1 aliphatic rings.